The zero-order valence-electron chi connectivity index (χ0n) is 16.0. The highest BCUT2D eigenvalue weighted by Gasteiger charge is 2.15. The van der Waals surface area contributed by atoms with Crippen LogP contribution in [0.5, 0.6) is 5.75 Å². The summed E-state index contributed by atoms with van der Waals surface area (Å²) in [6, 6.07) is 19.6. The number of rotatable bonds is 6. The number of nitrogens with zero attached hydrogens (tertiary/aromatic N) is 1. The van der Waals surface area contributed by atoms with Gasteiger partial charge in [0.1, 0.15) is 5.75 Å². The Kier molecular flexibility index (Phi) is 5.80. The first-order valence-corrected chi connectivity index (χ1v) is 10.2. The van der Waals surface area contributed by atoms with Gasteiger partial charge in [0.05, 0.1) is 23.4 Å². The molecule has 3 aromatic rings. The van der Waals surface area contributed by atoms with Crippen molar-refractivity contribution >= 4 is 27.6 Å². The van der Waals surface area contributed by atoms with Gasteiger partial charge in [-0.05, 0) is 67.4 Å². The Morgan fingerprint density at radius 3 is 2.39 bits per heavy atom. The summed E-state index contributed by atoms with van der Waals surface area (Å²) in [5, 5.41) is 0. The van der Waals surface area contributed by atoms with Gasteiger partial charge in [-0.25, -0.2) is 8.42 Å². The highest BCUT2D eigenvalue weighted by Crippen LogP contribution is 2.22. The van der Waals surface area contributed by atoms with Crippen LogP contribution in [-0.4, -0.2) is 21.7 Å². The molecule has 5 nitrogen and oxygen atoms in total. The molecule has 0 fully saturated rings. The third-order valence-corrected chi connectivity index (χ3v) is 5.61. The molecule has 0 spiro atoms. The molecule has 3 rings (SSSR count). The van der Waals surface area contributed by atoms with Gasteiger partial charge in [-0.2, -0.15) is 0 Å². The van der Waals surface area contributed by atoms with E-state index < -0.39 is 10.0 Å². The molecule has 0 heterocycles. The molecule has 144 valence electrons. The first-order chi connectivity index (χ1) is 13.4. The second-order valence-corrected chi connectivity index (χ2v) is 8.13. The van der Waals surface area contributed by atoms with Crippen LogP contribution in [0.15, 0.2) is 76.6 Å². The van der Waals surface area contributed by atoms with Crippen molar-refractivity contribution in [2.45, 2.75) is 18.7 Å². The van der Waals surface area contributed by atoms with E-state index in [0.717, 1.165) is 22.4 Å². The lowest BCUT2D eigenvalue weighted by atomic mass is 10.1. The Labute approximate surface area is 165 Å². The van der Waals surface area contributed by atoms with E-state index in [9.17, 15) is 8.42 Å². The molecule has 0 amide bonds. The number of methoxy groups -OCH3 is 1. The molecule has 0 unspecified atom stereocenters. The summed E-state index contributed by atoms with van der Waals surface area (Å²) < 4.78 is 33.1. The Morgan fingerprint density at radius 1 is 0.964 bits per heavy atom. The monoisotopic (exact) mass is 394 g/mol. The van der Waals surface area contributed by atoms with Gasteiger partial charge in [-0.3, -0.25) is 9.71 Å². The molecule has 0 saturated carbocycles. The maximum absolute atomic E-state index is 12.6. The van der Waals surface area contributed by atoms with Crippen LogP contribution in [0.25, 0.3) is 0 Å². The zero-order chi connectivity index (χ0) is 20.1. The predicted molar refractivity (Wildman–Crippen MR) is 113 cm³/mol. The first kappa shape index (κ1) is 19.6. The van der Waals surface area contributed by atoms with Gasteiger partial charge in [0.15, 0.2) is 0 Å². The van der Waals surface area contributed by atoms with Gasteiger partial charge >= 0.3 is 0 Å². The Balaban J connectivity index is 1.76. The summed E-state index contributed by atoms with van der Waals surface area (Å²) >= 11 is 0. The molecule has 0 saturated heterocycles. The molecule has 0 aliphatic carbocycles. The van der Waals surface area contributed by atoms with Crippen LogP contribution in [-0.2, 0) is 10.0 Å². The summed E-state index contributed by atoms with van der Waals surface area (Å²) in [6.07, 6.45) is 1.71. The lowest BCUT2D eigenvalue weighted by Gasteiger charge is -2.11. The number of nitrogens with one attached hydrogen (secondary N) is 1. The van der Waals surface area contributed by atoms with Crippen molar-refractivity contribution in [3.8, 4) is 5.75 Å². The molecule has 3 aromatic carbocycles. The largest absolute Gasteiger partial charge is 0.497 e. The maximum atomic E-state index is 12.6. The van der Waals surface area contributed by atoms with Gasteiger partial charge < -0.3 is 4.74 Å². The molecular formula is C22H22N2O3S. The van der Waals surface area contributed by atoms with E-state index in [0.29, 0.717) is 11.4 Å². The lowest BCUT2D eigenvalue weighted by molar-refractivity contribution is 0.415. The molecule has 28 heavy (non-hydrogen) atoms. The summed E-state index contributed by atoms with van der Waals surface area (Å²) in [5.41, 5.74) is 4.09. The third kappa shape index (κ3) is 4.78. The Hall–Kier alpha value is -3.12. The average Bonchev–Trinajstić information content (AvgIpc) is 2.69. The average molecular weight is 394 g/mol. The van der Waals surface area contributed by atoms with Crippen LogP contribution >= 0.6 is 0 Å². The van der Waals surface area contributed by atoms with Gasteiger partial charge in [0.25, 0.3) is 10.0 Å². The minimum Gasteiger partial charge on any atom is -0.497 e. The summed E-state index contributed by atoms with van der Waals surface area (Å²) in [7, 11) is -2.05. The first-order valence-electron chi connectivity index (χ1n) is 8.76. The predicted octanol–water partition coefficient (Wildman–Crippen LogP) is 4.86. The molecule has 0 bridgehead atoms. The molecule has 0 radical (unpaired) electrons. The maximum Gasteiger partial charge on any atom is 0.261 e. The second-order valence-electron chi connectivity index (χ2n) is 6.45. The van der Waals surface area contributed by atoms with Crippen molar-refractivity contribution in [1.82, 2.24) is 0 Å². The van der Waals surface area contributed by atoms with Crippen LogP contribution in [0.3, 0.4) is 0 Å². The number of aliphatic imine (C=N–C) groups is 1. The van der Waals surface area contributed by atoms with E-state index in [4.69, 9.17) is 4.74 Å². The summed E-state index contributed by atoms with van der Waals surface area (Å²) in [5.74, 6) is 0.753. The van der Waals surface area contributed by atoms with E-state index >= 15 is 0 Å². The van der Waals surface area contributed by atoms with E-state index in [-0.39, 0.29) is 4.90 Å². The van der Waals surface area contributed by atoms with E-state index in [1.54, 1.807) is 43.7 Å². The van der Waals surface area contributed by atoms with Crippen LogP contribution in [0.2, 0.25) is 0 Å². The molecule has 0 aliphatic rings. The van der Waals surface area contributed by atoms with Crippen molar-refractivity contribution in [1.29, 1.82) is 0 Å². The molecule has 0 atom stereocenters. The highest BCUT2D eigenvalue weighted by molar-refractivity contribution is 7.92. The SMILES string of the molecule is COc1cccc(C=Nc2ccc(S(=O)(=O)Nc3ccc(C)cc3C)cc2)c1. The van der Waals surface area contributed by atoms with Crippen LogP contribution in [0.1, 0.15) is 16.7 Å². The summed E-state index contributed by atoms with van der Waals surface area (Å²) in [4.78, 5) is 4.57. The van der Waals surface area contributed by atoms with Crippen molar-refractivity contribution < 1.29 is 13.2 Å². The number of hydrogen-bond donors (Lipinski definition) is 1. The third-order valence-electron chi connectivity index (χ3n) is 4.23. The summed E-state index contributed by atoms with van der Waals surface area (Å²) in [6.45, 7) is 3.84. The van der Waals surface area contributed by atoms with Crippen molar-refractivity contribution in [3.63, 3.8) is 0 Å². The fraction of sp³-hybridized carbons (Fsp3) is 0.136. The van der Waals surface area contributed by atoms with E-state index in [2.05, 4.69) is 9.71 Å². The quantitative estimate of drug-likeness (QED) is 0.607. The minimum atomic E-state index is -3.66. The lowest BCUT2D eigenvalue weighted by Crippen LogP contribution is -2.13. The van der Waals surface area contributed by atoms with Gasteiger partial charge in [0, 0.05) is 6.21 Å². The van der Waals surface area contributed by atoms with Crippen LogP contribution < -0.4 is 9.46 Å². The van der Waals surface area contributed by atoms with Crippen molar-refractivity contribution in [3.05, 3.63) is 83.4 Å². The molecule has 0 aliphatic heterocycles. The second kappa shape index (κ2) is 8.27. The molecule has 0 aromatic heterocycles. The zero-order valence-corrected chi connectivity index (χ0v) is 16.8. The highest BCUT2D eigenvalue weighted by atomic mass is 32.2. The molecule has 6 heteroatoms. The number of hydrogen-bond acceptors (Lipinski definition) is 4. The van der Waals surface area contributed by atoms with Gasteiger partial charge in [-0.15, -0.1) is 0 Å². The number of anilines is 1. The fourth-order valence-electron chi connectivity index (χ4n) is 2.71. The number of aryl methyl sites for hydroxylation is 2. The molecule has 1 N–H and O–H groups in total. The van der Waals surface area contributed by atoms with Gasteiger partial charge in [0.2, 0.25) is 0 Å². The Morgan fingerprint density at radius 2 is 1.71 bits per heavy atom. The minimum absolute atomic E-state index is 0.188. The van der Waals surface area contributed by atoms with Crippen molar-refractivity contribution in [2.75, 3.05) is 11.8 Å². The van der Waals surface area contributed by atoms with Crippen LogP contribution in [0.4, 0.5) is 11.4 Å². The van der Waals surface area contributed by atoms with E-state index in [1.807, 2.05) is 50.2 Å². The number of ether oxygens (including phenoxy) is 1. The molecular weight excluding hydrogens is 372 g/mol. The van der Waals surface area contributed by atoms with E-state index in [1.165, 1.54) is 0 Å². The number of benzene rings is 3. The van der Waals surface area contributed by atoms with Crippen LogP contribution in [0, 0.1) is 13.8 Å². The smallest absolute Gasteiger partial charge is 0.261 e. The normalized spacial score (nSPS) is 11.5. The van der Waals surface area contributed by atoms with Crippen molar-refractivity contribution in [2.24, 2.45) is 4.99 Å². The number of sulfonamides is 1. The standard InChI is InChI=1S/C22H22N2O3S/c1-16-7-12-22(17(2)13-16)24-28(25,26)21-10-8-19(9-11-21)23-15-18-5-4-6-20(14-18)27-3/h4-15,24H,1-3H3. The topological polar surface area (TPSA) is 67.8 Å². The fourth-order valence-corrected chi connectivity index (χ4v) is 3.84. The Bertz CT molecular complexity index is 1100. The van der Waals surface area contributed by atoms with Gasteiger partial charge in [-0.1, -0.05) is 29.8 Å².